The second-order valence-corrected chi connectivity index (χ2v) is 5.43. The summed E-state index contributed by atoms with van der Waals surface area (Å²) in [6.45, 7) is 0. The molecular formula is C14H11BrN4. The molecule has 19 heavy (non-hydrogen) atoms. The van der Waals surface area contributed by atoms with Gasteiger partial charge in [0.15, 0.2) is 11.5 Å². The van der Waals surface area contributed by atoms with Crippen LogP contribution in [-0.2, 0) is 0 Å². The largest absolute Gasteiger partial charge is 0.364 e. The summed E-state index contributed by atoms with van der Waals surface area (Å²) >= 11 is 3.43. The molecule has 0 spiro atoms. The van der Waals surface area contributed by atoms with Crippen molar-refractivity contribution in [3.8, 4) is 6.07 Å². The highest BCUT2D eigenvalue weighted by Gasteiger charge is 2.38. The Kier molecular flexibility index (Phi) is 3.18. The molecule has 1 heterocycles. The number of anilines is 1. The number of benzene rings is 1. The molecule has 94 valence electrons. The van der Waals surface area contributed by atoms with Crippen LogP contribution in [0.25, 0.3) is 0 Å². The van der Waals surface area contributed by atoms with Gasteiger partial charge in [-0.15, -0.1) is 0 Å². The van der Waals surface area contributed by atoms with Crippen LogP contribution in [-0.4, -0.2) is 16.0 Å². The summed E-state index contributed by atoms with van der Waals surface area (Å²) in [4.78, 5) is 8.16. The zero-order chi connectivity index (χ0) is 13.2. The molecule has 1 N–H and O–H groups in total. The van der Waals surface area contributed by atoms with Crippen molar-refractivity contribution in [1.29, 1.82) is 5.26 Å². The number of rotatable bonds is 3. The number of nitriles is 1. The smallest absolute Gasteiger partial charge is 0.182 e. The van der Waals surface area contributed by atoms with Crippen molar-refractivity contribution < 1.29 is 0 Å². The Labute approximate surface area is 119 Å². The van der Waals surface area contributed by atoms with Crippen LogP contribution in [0, 0.1) is 11.3 Å². The van der Waals surface area contributed by atoms with Crippen molar-refractivity contribution in [1.82, 2.24) is 9.97 Å². The Morgan fingerprint density at radius 3 is 2.68 bits per heavy atom. The highest BCUT2D eigenvalue weighted by molar-refractivity contribution is 9.10. The molecular weight excluding hydrogens is 304 g/mol. The average Bonchev–Trinajstić information content (AvgIpc) is 3.19. The van der Waals surface area contributed by atoms with E-state index in [2.05, 4.69) is 43.3 Å². The molecule has 5 heteroatoms. The first-order chi connectivity index (χ1) is 9.28. The van der Waals surface area contributed by atoms with E-state index < -0.39 is 0 Å². The van der Waals surface area contributed by atoms with Crippen LogP contribution in [0.1, 0.15) is 23.6 Å². The van der Waals surface area contributed by atoms with Gasteiger partial charge >= 0.3 is 0 Å². The lowest BCUT2D eigenvalue weighted by atomic mass is 10.1. The van der Waals surface area contributed by atoms with E-state index in [0.717, 1.165) is 10.9 Å². The topological polar surface area (TPSA) is 61.6 Å². The molecule has 2 unspecified atom stereocenters. The van der Waals surface area contributed by atoms with Gasteiger partial charge in [-0.2, -0.15) is 5.26 Å². The second kappa shape index (κ2) is 4.98. The van der Waals surface area contributed by atoms with Crippen LogP contribution >= 0.6 is 15.9 Å². The van der Waals surface area contributed by atoms with Crippen LogP contribution in [0.4, 0.5) is 5.82 Å². The molecule has 0 radical (unpaired) electrons. The number of hydrogen-bond acceptors (Lipinski definition) is 4. The minimum atomic E-state index is 0.338. The van der Waals surface area contributed by atoms with Gasteiger partial charge in [-0.1, -0.05) is 28.1 Å². The van der Waals surface area contributed by atoms with Gasteiger partial charge in [0.05, 0.1) is 0 Å². The Balaban J connectivity index is 1.71. The van der Waals surface area contributed by atoms with Gasteiger partial charge in [0, 0.05) is 28.8 Å². The number of halogens is 1. The maximum Gasteiger partial charge on any atom is 0.182 e. The van der Waals surface area contributed by atoms with Gasteiger partial charge in [0.2, 0.25) is 0 Å². The van der Waals surface area contributed by atoms with Crippen LogP contribution in [0.3, 0.4) is 0 Å². The Hall–Kier alpha value is -1.93. The van der Waals surface area contributed by atoms with Crippen molar-refractivity contribution in [3.63, 3.8) is 0 Å². The summed E-state index contributed by atoms with van der Waals surface area (Å²) in [7, 11) is 0. The SMILES string of the molecule is N#Cc1nccnc1NC1CC1c1ccc(Br)cc1. The Morgan fingerprint density at radius 1 is 1.21 bits per heavy atom. The average molecular weight is 315 g/mol. The fourth-order valence-electron chi connectivity index (χ4n) is 2.13. The highest BCUT2D eigenvalue weighted by atomic mass is 79.9. The van der Waals surface area contributed by atoms with Crippen LogP contribution in [0.5, 0.6) is 0 Å². The van der Waals surface area contributed by atoms with Gasteiger partial charge < -0.3 is 5.32 Å². The molecule has 1 aromatic carbocycles. The normalized spacial score (nSPS) is 20.6. The summed E-state index contributed by atoms with van der Waals surface area (Å²) in [5, 5.41) is 12.3. The Morgan fingerprint density at radius 2 is 1.95 bits per heavy atom. The van der Waals surface area contributed by atoms with Crippen molar-refractivity contribution >= 4 is 21.7 Å². The lowest BCUT2D eigenvalue weighted by Crippen LogP contribution is -2.08. The van der Waals surface area contributed by atoms with E-state index >= 15 is 0 Å². The number of aromatic nitrogens is 2. The third kappa shape index (κ3) is 2.59. The van der Waals surface area contributed by atoms with Gasteiger partial charge in [-0.25, -0.2) is 9.97 Å². The van der Waals surface area contributed by atoms with Crippen LogP contribution in [0.15, 0.2) is 41.1 Å². The van der Waals surface area contributed by atoms with E-state index in [1.165, 1.54) is 11.8 Å². The molecule has 0 aliphatic heterocycles. The highest BCUT2D eigenvalue weighted by Crippen LogP contribution is 2.43. The number of hydrogen-bond donors (Lipinski definition) is 1. The van der Waals surface area contributed by atoms with E-state index in [9.17, 15) is 0 Å². The van der Waals surface area contributed by atoms with Gasteiger partial charge in [-0.3, -0.25) is 0 Å². The maximum atomic E-state index is 8.97. The minimum Gasteiger partial charge on any atom is -0.364 e. The second-order valence-electron chi connectivity index (χ2n) is 4.51. The van der Waals surface area contributed by atoms with Gasteiger partial charge in [0.25, 0.3) is 0 Å². The standard InChI is InChI=1S/C14H11BrN4/c15-10-3-1-9(2-4-10)11-7-12(11)19-14-13(8-16)17-5-6-18-14/h1-6,11-12H,7H2,(H,18,19). The first kappa shape index (κ1) is 12.1. The van der Waals surface area contributed by atoms with E-state index in [-0.39, 0.29) is 0 Å². The monoisotopic (exact) mass is 314 g/mol. The lowest BCUT2D eigenvalue weighted by Gasteiger charge is -2.05. The van der Waals surface area contributed by atoms with Gasteiger partial charge in [-0.05, 0) is 24.1 Å². The molecule has 1 aliphatic carbocycles. The third-order valence-corrected chi connectivity index (χ3v) is 3.74. The van der Waals surface area contributed by atoms with Crippen LogP contribution < -0.4 is 5.32 Å². The summed E-state index contributed by atoms with van der Waals surface area (Å²) in [5.74, 6) is 1.07. The third-order valence-electron chi connectivity index (χ3n) is 3.21. The number of nitrogens with one attached hydrogen (secondary N) is 1. The fraction of sp³-hybridized carbons (Fsp3) is 0.214. The minimum absolute atomic E-state index is 0.338. The van der Waals surface area contributed by atoms with Crippen molar-refractivity contribution in [3.05, 3.63) is 52.4 Å². The molecule has 3 rings (SSSR count). The predicted octanol–water partition coefficient (Wildman–Crippen LogP) is 3.08. The van der Waals surface area contributed by atoms with E-state index in [1.807, 2.05) is 18.2 Å². The van der Waals surface area contributed by atoms with E-state index in [0.29, 0.717) is 23.5 Å². The predicted molar refractivity (Wildman–Crippen MR) is 75.7 cm³/mol. The van der Waals surface area contributed by atoms with E-state index in [4.69, 9.17) is 5.26 Å². The molecule has 0 saturated heterocycles. The fourth-order valence-corrected chi connectivity index (χ4v) is 2.40. The van der Waals surface area contributed by atoms with Crippen LogP contribution in [0.2, 0.25) is 0 Å². The summed E-state index contributed by atoms with van der Waals surface area (Å²) in [5.41, 5.74) is 1.66. The summed E-state index contributed by atoms with van der Waals surface area (Å²) in [6.07, 6.45) is 4.19. The molecule has 1 saturated carbocycles. The molecule has 2 aromatic rings. The zero-order valence-electron chi connectivity index (χ0n) is 10.0. The zero-order valence-corrected chi connectivity index (χ0v) is 11.6. The lowest BCUT2D eigenvalue weighted by molar-refractivity contribution is 1.01. The van der Waals surface area contributed by atoms with Crippen molar-refractivity contribution in [2.75, 3.05) is 5.32 Å². The summed E-state index contributed by atoms with van der Waals surface area (Å²) < 4.78 is 1.09. The Bertz CT molecular complexity index is 633. The molecule has 4 nitrogen and oxygen atoms in total. The maximum absolute atomic E-state index is 8.97. The molecule has 2 atom stereocenters. The van der Waals surface area contributed by atoms with E-state index in [1.54, 1.807) is 6.20 Å². The molecule has 1 aliphatic rings. The molecule has 0 amide bonds. The first-order valence-electron chi connectivity index (χ1n) is 6.01. The van der Waals surface area contributed by atoms with Crippen molar-refractivity contribution in [2.45, 2.75) is 18.4 Å². The van der Waals surface area contributed by atoms with Crippen molar-refractivity contribution in [2.24, 2.45) is 0 Å². The quantitative estimate of drug-likeness (QED) is 0.945. The first-order valence-corrected chi connectivity index (χ1v) is 6.80. The summed E-state index contributed by atoms with van der Waals surface area (Å²) in [6, 6.07) is 10.7. The molecule has 1 aromatic heterocycles. The number of nitrogens with zero attached hydrogens (tertiary/aromatic N) is 3. The molecule has 0 bridgehead atoms. The van der Waals surface area contributed by atoms with Gasteiger partial charge in [0.1, 0.15) is 6.07 Å². The molecule has 1 fully saturated rings.